The van der Waals surface area contributed by atoms with Crippen LogP contribution in [0.3, 0.4) is 0 Å². The summed E-state index contributed by atoms with van der Waals surface area (Å²) in [6.45, 7) is 1.35. The quantitative estimate of drug-likeness (QED) is 0.495. The predicted molar refractivity (Wildman–Crippen MR) is 77.1 cm³/mol. The lowest BCUT2D eigenvalue weighted by molar-refractivity contribution is -0.131. The van der Waals surface area contributed by atoms with E-state index >= 15 is 0 Å². The number of carbonyl (C=O) groups excluding carboxylic acids is 2. The third-order valence-corrected chi connectivity index (χ3v) is 3.78. The number of hydrogen-bond acceptors (Lipinski definition) is 5. The highest BCUT2D eigenvalue weighted by Crippen LogP contribution is 2.35. The SMILES string of the molecule is CC(=O)Oc1ccc2c(c1)SNc1ccccc1C2=O. The van der Waals surface area contributed by atoms with Crippen LogP contribution < -0.4 is 9.46 Å². The Bertz CT molecular complexity index is 712. The summed E-state index contributed by atoms with van der Waals surface area (Å²) in [6.07, 6.45) is 0. The lowest BCUT2D eigenvalue weighted by Gasteiger charge is -2.06. The minimum absolute atomic E-state index is 0.0394. The maximum Gasteiger partial charge on any atom is 0.308 e. The van der Waals surface area contributed by atoms with Gasteiger partial charge in [-0.25, -0.2) is 0 Å². The van der Waals surface area contributed by atoms with Gasteiger partial charge in [0.2, 0.25) is 0 Å². The van der Waals surface area contributed by atoms with Gasteiger partial charge in [-0.2, -0.15) is 0 Å². The predicted octanol–water partition coefficient (Wildman–Crippen LogP) is 3.28. The van der Waals surface area contributed by atoms with E-state index < -0.39 is 0 Å². The van der Waals surface area contributed by atoms with Crippen molar-refractivity contribution >= 4 is 29.4 Å². The van der Waals surface area contributed by atoms with E-state index in [9.17, 15) is 9.59 Å². The molecule has 1 aliphatic rings. The molecule has 4 nitrogen and oxygen atoms in total. The third kappa shape index (κ3) is 2.28. The van der Waals surface area contributed by atoms with Gasteiger partial charge in [0, 0.05) is 22.9 Å². The Kier molecular flexibility index (Phi) is 3.20. The van der Waals surface area contributed by atoms with Crippen molar-refractivity contribution in [2.75, 3.05) is 4.72 Å². The van der Waals surface area contributed by atoms with Crippen LogP contribution in [0.25, 0.3) is 0 Å². The topological polar surface area (TPSA) is 55.4 Å². The highest BCUT2D eigenvalue weighted by molar-refractivity contribution is 8.00. The second-order valence-electron chi connectivity index (χ2n) is 4.33. The Labute approximate surface area is 120 Å². The number of nitrogens with one attached hydrogen (secondary N) is 1. The molecule has 0 saturated heterocycles. The molecule has 0 radical (unpaired) electrons. The van der Waals surface area contributed by atoms with Gasteiger partial charge in [0.05, 0.1) is 5.69 Å². The van der Waals surface area contributed by atoms with Gasteiger partial charge in [0.25, 0.3) is 0 Å². The smallest absolute Gasteiger partial charge is 0.308 e. The molecule has 20 heavy (non-hydrogen) atoms. The first kappa shape index (κ1) is 12.7. The van der Waals surface area contributed by atoms with E-state index in [0.29, 0.717) is 16.9 Å². The average molecular weight is 285 g/mol. The standard InChI is InChI=1S/C15H11NO3S/c1-9(17)19-10-6-7-12-14(8-10)20-16-13-5-3-2-4-11(13)15(12)18/h2-8,16H,1H3. The van der Waals surface area contributed by atoms with E-state index in [1.807, 2.05) is 18.2 Å². The van der Waals surface area contributed by atoms with Crippen LogP contribution in [0.2, 0.25) is 0 Å². The minimum Gasteiger partial charge on any atom is -0.427 e. The maximum atomic E-state index is 12.5. The number of ether oxygens (including phenoxy) is 1. The molecule has 1 aliphatic heterocycles. The molecule has 1 heterocycles. The van der Waals surface area contributed by atoms with Crippen molar-refractivity contribution in [2.24, 2.45) is 0 Å². The first-order chi connectivity index (χ1) is 9.65. The van der Waals surface area contributed by atoms with E-state index in [2.05, 4.69) is 4.72 Å². The number of rotatable bonds is 1. The summed E-state index contributed by atoms with van der Waals surface area (Å²) in [5, 5.41) is 0. The number of ketones is 1. The molecule has 0 atom stereocenters. The van der Waals surface area contributed by atoms with Crippen molar-refractivity contribution in [3.8, 4) is 5.75 Å². The highest BCUT2D eigenvalue weighted by atomic mass is 32.2. The third-order valence-electron chi connectivity index (χ3n) is 2.90. The van der Waals surface area contributed by atoms with Crippen molar-refractivity contribution in [2.45, 2.75) is 11.8 Å². The monoisotopic (exact) mass is 285 g/mol. The van der Waals surface area contributed by atoms with E-state index in [4.69, 9.17) is 4.74 Å². The van der Waals surface area contributed by atoms with Crippen LogP contribution in [0, 0.1) is 0 Å². The van der Waals surface area contributed by atoms with Crippen molar-refractivity contribution in [3.05, 3.63) is 53.6 Å². The molecule has 0 amide bonds. The number of fused-ring (bicyclic) bond motifs is 2. The number of anilines is 1. The zero-order valence-electron chi connectivity index (χ0n) is 10.7. The Morgan fingerprint density at radius 3 is 2.75 bits per heavy atom. The van der Waals surface area contributed by atoms with Gasteiger partial charge in [0.15, 0.2) is 5.78 Å². The molecule has 5 heteroatoms. The summed E-state index contributed by atoms with van der Waals surface area (Å²) < 4.78 is 8.19. The summed E-state index contributed by atoms with van der Waals surface area (Å²) in [5.74, 6) is 0.0120. The second-order valence-corrected chi connectivity index (χ2v) is 5.18. The Balaban J connectivity index is 2.05. The van der Waals surface area contributed by atoms with E-state index in [0.717, 1.165) is 10.6 Å². The Morgan fingerprint density at radius 1 is 1.15 bits per heavy atom. The van der Waals surface area contributed by atoms with Gasteiger partial charge in [-0.05, 0) is 42.3 Å². The van der Waals surface area contributed by atoms with Crippen molar-refractivity contribution < 1.29 is 14.3 Å². The van der Waals surface area contributed by atoms with Crippen molar-refractivity contribution in [1.82, 2.24) is 0 Å². The van der Waals surface area contributed by atoms with Crippen LogP contribution in [-0.4, -0.2) is 11.8 Å². The summed E-state index contributed by atoms with van der Waals surface area (Å²) in [6, 6.07) is 12.4. The van der Waals surface area contributed by atoms with Gasteiger partial charge in [-0.15, -0.1) is 0 Å². The first-order valence-electron chi connectivity index (χ1n) is 6.04. The summed E-state index contributed by atoms with van der Waals surface area (Å²) in [5.41, 5.74) is 2.02. The number of carbonyl (C=O) groups is 2. The van der Waals surface area contributed by atoms with Crippen LogP contribution >= 0.6 is 11.9 Å². The summed E-state index contributed by atoms with van der Waals surface area (Å²) in [7, 11) is 0. The lowest BCUT2D eigenvalue weighted by atomic mass is 10.0. The molecule has 0 aliphatic carbocycles. The molecule has 0 fully saturated rings. The number of hydrogen-bond donors (Lipinski definition) is 1. The first-order valence-corrected chi connectivity index (χ1v) is 6.86. The molecule has 2 aromatic carbocycles. The lowest BCUT2D eigenvalue weighted by Crippen LogP contribution is -2.04. The van der Waals surface area contributed by atoms with Crippen LogP contribution in [0.4, 0.5) is 5.69 Å². The summed E-state index contributed by atoms with van der Waals surface area (Å²) >= 11 is 1.34. The van der Waals surface area contributed by atoms with Gasteiger partial charge in [-0.1, -0.05) is 12.1 Å². The highest BCUT2D eigenvalue weighted by Gasteiger charge is 2.21. The number of para-hydroxylation sites is 1. The van der Waals surface area contributed by atoms with Crippen molar-refractivity contribution in [1.29, 1.82) is 0 Å². The Hall–Kier alpha value is -2.27. The molecule has 0 aromatic heterocycles. The normalized spacial score (nSPS) is 12.8. The zero-order chi connectivity index (χ0) is 14.1. The van der Waals surface area contributed by atoms with Gasteiger partial charge in [0.1, 0.15) is 5.75 Å². The molecule has 0 bridgehead atoms. The van der Waals surface area contributed by atoms with E-state index in [1.54, 1.807) is 24.3 Å². The van der Waals surface area contributed by atoms with Crippen LogP contribution in [0.15, 0.2) is 47.4 Å². The molecule has 0 saturated carbocycles. The fourth-order valence-electron chi connectivity index (χ4n) is 2.03. The van der Waals surface area contributed by atoms with Crippen LogP contribution in [0.1, 0.15) is 22.8 Å². The molecule has 3 rings (SSSR count). The maximum absolute atomic E-state index is 12.5. The fourth-order valence-corrected chi connectivity index (χ4v) is 2.87. The molecule has 1 N–H and O–H groups in total. The van der Waals surface area contributed by atoms with Gasteiger partial charge >= 0.3 is 5.97 Å². The molecule has 0 spiro atoms. The van der Waals surface area contributed by atoms with Crippen molar-refractivity contribution in [3.63, 3.8) is 0 Å². The number of esters is 1. The van der Waals surface area contributed by atoms with E-state index in [-0.39, 0.29) is 11.8 Å². The minimum atomic E-state index is -0.383. The second kappa shape index (κ2) is 5.02. The molecule has 2 aromatic rings. The van der Waals surface area contributed by atoms with Crippen LogP contribution in [-0.2, 0) is 4.79 Å². The summed E-state index contributed by atoms with van der Waals surface area (Å²) in [4.78, 5) is 24.2. The van der Waals surface area contributed by atoms with Gasteiger partial charge in [-0.3, -0.25) is 9.59 Å². The number of benzene rings is 2. The zero-order valence-corrected chi connectivity index (χ0v) is 11.5. The molecular weight excluding hydrogens is 274 g/mol. The largest absolute Gasteiger partial charge is 0.427 e. The Morgan fingerprint density at radius 2 is 1.95 bits per heavy atom. The molecular formula is C15H11NO3S. The molecule has 100 valence electrons. The fraction of sp³-hybridized carbons (Fsp3) is 0.0667. The van der Waals surface area contributed by atoms with Crippen LogP contribution in [0.5, 0.6) is 5.75 Å². The van der Waals surface area contributed by atoms with Gasteiger partial charge < -0.3 is 9.46 Å². The molecule has 0 unspecified atom stereocenters. The van der Waals surface area contributed by atoms with E-state index in [1.165, 1.54) is 18.9 Å². The average Bonchev–Trinajstić information content (AvgIpc) is 2.57.